The molecule has 0 heterocycles. The fraction of sp³-hybridized carbons (Fsp3) is 0.562. The second kappa shape index (κ2) is 7.56. The molecule has 5 nitrogen and oxygen atoms in total. The third-order valence-corrected chi connectivity index (χ3v) is 3.51. The quantitative estimate of drug-likeness (QED) is 0.718. The number of aliphatic hydroxyl groups is 2. The Balaban J connectivity index is 2.06. The molecule has 1 aliphatic rings. The Morgan fingerprint density at radius 2 is 2.14 bits per heavy atom. The highest BCUT2D eigenvalue weighted by Gasteiger charge is 2.27. The van der Waals surface area contributed by atoms with Gasteiger partial charge in [0.05, 0.1) is 25.7 Å². The first-order valence-corrected chi connectivity index (χ1v) is 7.45. The summed E-state index contributed by atoms with van der Waals surface area (Å²) in [6.45, 7) is 2.34. The standard InChI is InChI=1S/C16H21FO5/c1-2-21-15(19)8-13(18)16(20)12-7-11(17)5-6-14(12)22-9-10-3-4-10/h5-7,10,13,16,18,20H,2-4,8-9H2,1H3. The number of carbonyl (C=O) groups excluding carboxylic acids is 1. The van der Waals surface area contributed by atoms with Gasteiger partial charge in [-0.1, -0.05) is 0 Å². The summed E-state index contributed by atoms with van der Waals surface area (Å²) in [6.07, 6.45) is -0.971. The van der Waals surface area contributed by atoms with E-state index < -0.39 is 24.0 Å². The van der Waals surface area contributed by atoms with Crippen molar-refractivity contribution in [2.75, 3.05) is 13.2 Å². The molecule has 0 aliphatic heterocycles. The third-order valence-electron chi connectivity index (χ3n) is 3.51. The summed E-state index contributed by atoms with van der Waals surface area (Å²) in [5, 5.41) is 20.1. The molecule has 0 amide bonds. The Morgan fingerprint density at radius 3 is 2.77 bits per heavy atom. The average Bonchev–Trinajstić information content (AvgIpc) is 3.29. The van der Waals surface area contributed by atoms with E-state index in [1.54, 1.807) is 6.92 Å². The Kier molecular flexibility index (Phi) is 5.74. The molecule has 2 unspecified atom stereocenters. The first-order chi connectivity index (χ1) is 10.5. The van der Waals surface area contributed by atoms with Gasteiger partial charge in [0, 0.05) is 5.56 Å². The van der Waals surface area contributed by atoms with Crippen LogP contribution in [0.25, 0.3) is 0 Å². The maximum atomic E-state index is 13.4. The van der Waals surface area contributed by atoms with E-state index in [9.17, 15) is 19.4 Å². The number of hydrogen-bond acceptors (Lipinski definition) is 5. The molecule has 0 bridgehead atoms. The van der Waals surface area contributed by atoms with Crippen molar-refractivity contribution in [1.82, 2.24) is 0 Å². The lowest BCUT2D eigenvalue weighted by Gasteiger charge is -2.20. The van der Waals surface area contributed by atoms with E-state index in [4.69, 9.17) is 9.47 Å². The number of esters is 1. The van der Waals surface area contributed by atoms with Gasteiger partial charge in [-0.25, -0.2) is 4.39 Å². The van der Waals surface area contributed by atoms with Crippen LogP contribution >= 0.6 is 0 Å². The molecule has 1 saturated carbocycles. The number of hydrogen-bond donors (Lipinski definition) is 2. The van der Waals surface area contributed by atoms with Gasteiger partial charge in [0.2, 0.25) is 0 Å². The number of aliphatic hydroxyl groups excluding tert-OH is 2. The fourth-order valence-corrected chi connectivity index (χ4v) is 2.08. The van der Waals surface area contributed by atoms with Crippen LogP contribution in [0.2, 0.25) is 0 Å². The molecule has 1 aliphatic carbocycles. The highest BCUT2D eigenvalue weighted by Crippen LogP contribution is 2.33. The zero-order valence-corrected chi connectivity index (χ0v) is 12.5. The van der Waals surface area contributed by atoms with Crippen molar-refractivity contribution < 1.29 is 28.9 Å². The topological polar surface area (TPSA) is 76.0 Å². The summed E-state index contributed by atoms with van der Waals surface area (Å²) in [7, 11) is 0. The summed E-state index contributed by atoms with van der Waals surface area (Å²) in [5.74, 6) is -0.342. The lowest BCUT2D eigenvalue weighted by Crippen LogP contribution is -2.24. The van der Waals surface area contributed by atoms with Crippen LogP contribution in [-0.2, 0) is 9.53 Å². The molecule has 2 N–H and O–H groups in total. The van der Waals surface area contributed by atoms with E-state index in [0.717, 1.165) is 18.9 Å². The van der Waals surface area contributed by atoms with Gasteiger partial charge in [0.25, 0.3) is 0 Å². The van der Waals surface area contributed by atoms with Crippen LogP contribution < -0.4 is 4.74 Å². The molecule has 0 radical (unpaired) electrons. The summed E-state index contributed by atoms with van der Waals surface area (Å²) in [4.78, 5) is 11.4. The van der Waals surface area contributed by atoms with Gasteiger partial charge < -0.3 is 19.7 Å². The second-order valence-corrected chi connectivity index (χ2v) is 5.46. The zero-order valence-electron chi connectivity index (χ0n) is 12.5. The van der Waals surface area contributed by atoms with Crippen LogP contribution in [0.5, 0.6) is 5.75 Å². The van der Waals surface area contributed by atoms with Crippen molar-refractivity contribution >= 4 is 5.97 Å². The van der Waals surface area contributed by atoms with Crippen molar-refractivity contribution in [2.45, 2.75) is 38.4 Å². The third kappa shape index (κ3) is 4.68. The van der Waals surface area contributed by atoms with Gasteiger partial charge in [-0.2, -0.15) is 0 Å². The molecule has 1 aromatic carbocycles. The Hall–Kier alpha value is -1.66. The summed E-state index contributed by atoms with van der Waals surface area (Å²) >= 11 is 0. The smallest absolute Gasteiger partial charge is 0.308 e. The Bertz CT molecular complexity index is 515. The number of carbonyl (C=O) groups is 1. The summed E-state index contributed by atoms with van der Waals surface area (Å²) in [6, 6.07) is 3.77. The maximum absolute atomic E-state index is 13.4. The van der Waals surface area contributed by atoms with Gasteiger partial charge in [-0.05, 0) is 43.9 Å². The molecular formula is C16H21FO5. The van der Waals surface area contributed by atoms with E-state index in [2.05, 4.69) is 0 Å². The molecule has 22 heavy (non-hydrogen) atoms. The number of benzene rings is 1. The number of ether oxygens (including phenoxy) is 2. The van der Waals surface area contributed by atoms with Gasteiger partial charge in [-0.15, -0.1) is 0 Å². The fourth-order valence-electron chi connectivity index (χ4n) is 2.08. The summed E-state index contributed by atoms with van der Waals surface area (Å²) in [5.41, 5.74) is 0.137. The molecule has 0 aromatic heterocycles. The molecule has 2 rings (SSSR count). The van der Waals surface area contributed by atoms with Crippen molar-refractivity contribution in [3.63, 3.8) is 0 Å². The number of halogens is 1. The van der Waals surface area contributed by atoms with Crippen LogP contribution in [0.4, 0.5) is 4.39 Å². The van der Waals surface area contributed by atoms with E-state index in [-0.39, 0.29) is 18.6 Å². The highest BCUT2D eigenvalue weighted by molar-refractivity contribution is 5.70. The van der Waals surface area contributed by atoms with E-state index in [0.29, 0.717) is 18.3 Å². The van der Waals surface area contributed by atoms with E-state index >= 15 is 0 Å². The van der Waals surface area contributed by atoms with Gasteiger partial charge in [-0.3, -0.25) is 4.79 Å². The monoisotopic (exact) mass is 312 g/mol. The normalized spacial score (nSPS) is 16.9. The van der Waals surface area contributed by atoms with Gasteiger partial charge in [0.1, 0.15) is 17.7 Å². The first-order valence-electron chi connectivity index (χ1n) is 7.45. The van der Waals surface area contributed by atoms with Crippen molar-refractivity contribution in [3.8, 4) is 5.75 Å². The molecule has 2 atom stereocenters. The SMILES string of the molecule is CCOC(=O)CC(O)C(O)c1cc(F)ccc1OCC1CC1. The van der Waals surface area contributed by atoms with E-state index in [1.165, 1.54) is 12.1 Å². The molecule has 0 saturated heterocycles. The average molecular weight is 312 g/mol. The van der Waals surface area contributed by atoms with Crippen molar-refractivity contribution in [3.05, 3.63) is 29.6 Å². The van der Waals surface area contributed by atoms with Crippen LogP contribution in [-0.4, -0.2) is 35.5 Å². The Labute approximate surface area is 128 Å². The second-order valence-electron chi connectivity index (χ2n) is 5.46. The van der Waals surface area contributed by atoms with Crippen LogP contribution in [0.15, 0.2) is 18.2 Å². The van der Waals surface area contributed by atoms with Crippen LogP contribution in [0, 0.1) is 11.7 Å². The molecule has 6 heteroatoms. The molecule has 1 fully saturated rings. The lowest BCUT2D eigenvalue weighted by molar-refractivity contribution is -0.147. The highest BCUT2D eigenvalue weighted by atomic mass is 19.1. The molecule has 1 aromatic rings. The minimum atomic E-state index is -1.42. The molecule has 0 spiro atoms. The number of rotatable bonds is 8. The minimum absolute atomic E-state index is 0.137. The predicted molar refractivity (Wildman–Crippen MR) is 76.8 cm³/mol. The van der Waals surface area contributed by atoms with E-state index in [1.807, 2.05) is 0 Å². The first kappa shape index (κ1) is 16.7. The maximum Gasteiger partial charge on any atom is 0.308 e. The van der Waals surface area contributed by atoms with Crippen LogP contribution in [0.1, 0.15) is 37.9 Å². The predicted octanol–water partition coefficient (Wildman–Crippen LogP) is 1.96. The summed E-state index contributed by atoms with van der Waals surface area (Å²) < 4.78 is 23.7. The van der Waals surface area contributed by atoms with Crippen molar-refractivity contribution in [1.29, 1.82) is 0 Å². The van der Waals surface area contributed by atoms with Gasteiger partial charge in [0.15, 0.2) is 0 Å². The minimum Gasteiger partial charge on any atom is -0.493 e. The Morgan fingerprint density at radius 1 is 1.41 bits per heavy atom. The van der Waals surface area contributed by atoms with Crippen LogP contribution in [0.3, 0.4) is 0 Å². The largest absolute Gasteiger partial charge is 0.493 e. The lowest BCUT2D eigenvalue weighted by atomic mass is 10.0. The molecule has 122 valence electrons. The zero-order chi connectivity index (χ0) is 16.1. The van der Waals surface area contributed by atoms with Gasteiger partial charge >= 0.3 is 5.97 Å². The molecular weight excluding hydrogens is 291 g/mol. The van der Waals surface area contributed by atoms with Crippen molar-refractivity contribution in [2.24, 2.45) is 5.92 Å².